The van der Waals surface area contributed by atoms with Gasteiger partial charge in [0.25, 0.3) is 0 Å². The summed E-state index contributed by atoms with van der Waals surface area (Å²) in [6.45, 7) is 0.899. The first-order valence-electron chi connectivity index (χ1n) is 4.20. The quantitative estimate of drug-likeness (QED) is 0.839. The summed E-state index contributed by atoms with van der Waals surface area (Å²) in [5.74, 6) is 0.749. The highest BCUT2D eigenvalue weighted by molar-refractivity contribution is 5.85. The molecule has 0 unspecified atom stereocenters. The van der Waals surface area contributed by atoms with E-state index in [-0.39, 0.29) is 24.8 Å². The molecule has 0 saturated heterocycles. The number of hydrogen-bond acceptors (Lipinski definition) is 3. The standard InChI is InChI=1S/C10H16N2O.2ClH/c1-12(2)7-8-4-5-9(11)10(6-8)13-3;;/h4-6H,7,11H2,1-3H3;2*1H. The van der Waals surface area contributed by atoms with Gasteiger partial charge in [-0.1, -0.05) is 6.07 Å². The van der Waals surface area contributed by atoms with Crippen LogP contribution in [0.2, 0.25) is 0 Å². The van der Waals surface area contributed by atoms with Gasteiger partial charge in [0.05, 0.1) is 12.8 Å². The zero-order chi connectivity index (χ0) is 9.84. The number of hydrogen-bond donors (Lipinski definition) is 1. The molecule has 0 aliphatic carbocycles. The van der Waals surface area contributed by atoms with Crippen LogP contribution in [-0.4, -0.2) is 26.1 Å². The molecule has 0 fully saturated rings. The molecule has 1 rings (SSSR count). The Bertz CT molecular complexity index is 293. The monoisotopic (exact) mass is 252 g/mol. The van der Waals surface area contributed by atoms with Gasteiger partial charge in [0.1, 0.15) is 5.75 Å². The average molecular weight is 253 g/mol. The molecule has 0 heterocycles. The highest BCUT2D eigenvalue weighted by atomic mass is 35.5. The number of anilines is 1. The second kappa shape index (κ2) is 7.63. The van der Waals surface area contributed by atoms with Gasteiger partial charge in [0.15, 0.2) is 0 Å². The average Bonchev–Trinajstić information content (AvgIpc) is 2.07. The molecule has 0 saturated carbocycles. The minimum atomic E-state index is 0. The van der Waals surface area contributed by atoms with E-state index in [0.717, 1.165) is 12.3 Å². The third-order valence-corrected chi connectivity index (χ3v) is 1.80. The number of nitrogens with zero attached hydrogens (tertiary/aromatic N) is 1. The van der Waals surface area contributed by atoms with Crippen LogP contribution in [0.5, 0.6) is 5.75 Å². The fourth-order valence-electron chi connectivity index (χ4n) is 1.22. The lowest BCUT2D eigenvalue weighted by atomic mass is 10.2. The Labute approximate surface area is 103 Å². The largest absolute Gasteiger partial charge is 0.495 e. The fourth-order valence-corrected chi connectivity index (χ4v) is 1.22. The number of methoxy groups -OCH3 is 1. The van der Waals surface area contributed by atoms with E-state index >= 15 is 0 Å². The summed E-state index contributed by atoms with van der Waals surface area (Å²) in [7, 11) is 5.69. The lowest BCUT2D eigenvalue weighted by Crippen LogP contribution is -2.10. The smallest absolute Gasteiger partial charge is 0.142 e. The van der Waals surface area contributed by atoms with Crippen LogP contribution in [-0.2, 0) is 6.54 Å². The van der Waals surface area contributed by atoms with Gasteiger partial charge < -0.3 is 15.4 Å². The van der Waals surface area contributed by atoms with Crippen molar-refractivity contribution in [3.63, 3.8) is 0 Å². The zero-order valence-electron chi connectivity index (χ0n) is 9.19. The van der Waals surface area contributed by atoms with Crippen molar-refractivity contribution in [2.75, 3.05) is 26.9 Å². The zero-order valence-corrected chi connectivity index (χ0v) is 10.8. The van der Waals surface area contributed by atoms with Crippen LogP contribution in [0.25, 0.3) is 0 Å². The molecular weight excluding hydrogens is 235 g/mol. The summed E-state index contributed by atoms with van der Waals surface area (Å²) in [6, 6.07) is 5.85. The SMILES string of the molecule is COc1cc(CN(C)C)ccc1N.Cl.Cl. The van der Waals surface area contributed by atoms with Gasteiger partial charge in [-0.15, -0.1) is 24.8 Å². The van der Waals surface area contributed by atoms with Crippen LogP contribution in [0.1, 0.15) is 5.56 Å². The van der Waals surface area contributed by atoms with Crippen molar-refractivity contribution in [1.82, 2.24) is 4.90 Å². The molecule has 0 aromatic heterocycles. The van der Waals surface area contributed by atoms with Crippen LogP contribution in [0.15, 0.2) is 18.2 Å². The normalized spacial score (nSPS) is 9.07. The molecular formula is C10H18Cl2N2O. The molecule has 0 atom stereocenters. The number of rotatable bonds is 3. The van der Waals surface area contributed by atoms with E-state index in [1.54, 1.807) is 7.11 Å². The van der Waals surface area contributed by atoms with Crippen molar-refractivity contribution in [3.05, 3.63) is 23.8 Å². The summed E-state index contributed by atoms with van der Waals surface area (Å²) in [4.78, 5) is 2.10. The Balaban J connectivity index is 0. The predicted octanol–water partition coefficient (Wildman–Crippen LogP) is 2.18. The Morgan fingerprint density at radius 2 is 1.87 bits per heavy atom. The molecule has 0 amide bonds. The molecule has 15 heavy (non-hydrogen) atoms. The molecule has 88 valence electrons. The Morgan fingerprint density at radius 1 is 1.27 bits per heavy atom. The molecule has 1 aromatic carbocycles. The summed E-state index contributed by atoms with van der Waals surface area (Å²) < 4.78 is 5.12. The van der Waals surface area contributed by atoms with E-state index in [4.69, 9.17) is 10.5 Å². The van der Waals surface area contributed by atoms with Crippen molar-refractivity contribution in [3.8, 4) is 5.75 Å². The molecule has 0 bridgehead atoms. The van der Waals surface area contributed by atoms with Crippen LogP contribution in [0.4, 0.5) is 5.69 Å². The molecule has 0 radical (unpaired) electrons. The summed E-state index contributed by atoms with van der Waals surface area (Å²) in [6.07, 6.45) is 0. The Morgan fingerprint density at radius 3 is 2.33 bits per heavy atom. The van der Waals surface area contributed by atoms with Gasteiger partial charge in [-0.2, -0.15) is 0 Å². The van der Waals surface area contributed by atoms with E-state index in [9.17, 15) is 0 Å². The highest BCUT2D eigenvalue weighted by Gasteiger charge is 2.01. The minimum absolute atomic E-state index is 0. The van der Waals surface area contributed by atoms with Gasteiger partial charge in [-0.3, -0.25) is 0 Å². The third-order valence-electron chi connectivity index (χ3n) is 1.80. The molecule has 3 nitrogen and oxygen atoms in total. The van der Waals surface area contributed by atoms with E-state index in [0.29, 0.717) is 5.69 Å². The molecule has 0 aliphatic rings. The third kappa shape index (κ3) is 5.11. The molecule has 0 aliphatic heterocycles. The summed E-state index contributed by atoms with van der Waals surface area (Å²) in [5.41, 5.74) is 7.58. The lowest BCUT2D eigenvalue weighted by molar-refractivity contribution is 0.396. The first-order chi connectivity index (χ1) is 6.13. The van der Waals surface area contributed by atoms with E-state index in [2.05, 4.69) is 4.90 Å². The van der Waals surface area contributed by atoms with Crippen LogP contribution in [0, 0.1) is 0 Å². The number of ether oxygens (including phenoxy) is 1. The Kier molecular flexibility index (Phi) is 8.53. The first-order valence-corrected chi connectivity index (χ1v) is 4.20. The van der Waals surface area contributed by atoms with Gasteiger partial charge in [0, 0.05) is 6.54 Å². The maximum atomic E-state index is 5.69. The van der Waals surface area contributed by atoms with Crippen molar-refractivity contribution >= 4 is 30.5 Å². The number of nitrogens with two attached hydrogens (primary N) is 1. The maximum absolute atomic E-state index is 5.69. The van der Waals surface area contributed by atoms with E-state index < -0.39 is 0 Å². The number of benzene rings is 1. The summed E-state index contributed by atoms with van der Waals surface area (Å²) >= 11 is 0. The lowest BCUT2D eigenvalue weighted by Gasteiger charge is -2.11. The van der Waals surface area contributed by atoms with Crippen LogP contribution < -0.4 is 10.5 Å². The van der Waals surface area contributed by atoms with Crippen molar-refractivity contribution in [2.45, 2.75) is 6.54 Å². The second-order valence-corrected chi connectivity index (χ2v) is 3.31. The molecule has 5 heteroatoms. The Hall–Kier alpha value is -0.640. The predicted molar refractivity (Wildman–Crippen MR) is 69.3 cm³/mol. The van der Waals surface area contributed by atoms with Gasteiger partial charge in [-0.25, -0.2) is 0 Å². The molecule has 0 spiro atoms. The summed E-state index contributed by atoms with van der Waals surface area (Å²) in [5, 5.41) is 0. The van der Waals surface area contributed by atoms with Crippen LogP contribution in [0.3, 0.4) is 0 Å². The van der Waals surface area contributed by atoms with Crippen molar-refractivity contribution < 1.29 is 4.74 Å². The number of halogens is 2. The molecule has 2 N–H and O–H groups in total. The van der Waals surface area contributed by atoms with Crippen molar-refractivity contribution in [1.29, 1.82) is 0 Å². The van der Waals surface area contributed by atoms with Crippen LogP contribution >= 0.6 is 24.8 Å². The van der Waals surface area contributed by atoms with Crippen molar-refractivity contribution in [2.24, 2.45) is 0 Å². The highest BCUT2D eigenvalue weighted by Crippen LogP contribution is 2.22. The second-order valence-electron chi connectivity index (χ2n) is 3.31. The van der Waals surface area contributed by atoms with Gasteiger partial charge >= 0.3 is 0 Å². The fraction of sp³-hybridized carbons (Fsp3) is 0.400. The first kappa shape index (κ1) is 16.8. The molecule has 1 aromatic rings. The topological polar surface area (TPSA) is 38.5 Å². The van der Waals surface area contributed by atoms with E-state index in [1.807, 2.05) is 32.3 Å². The van der Waals surface area contributed by atoms with Gasteiger partial charge in [0.2, 0.25) is 0 Å². The minimum Gasteiger partial charge on any atom is -0.495 e. The maximum Gasteiger partial charge on any atom is 0.142 e. The number of nitrogen functional groups attached to an aromatic ring is 1. The van der Waals surface area contributed by atoms with Gasteiger partial charge in [-0.05, 0) is 31.8 Å². The van der Waals surface area contributed by atoms with E-state index in [1.165, 1.54) is 5.56 Å².